The molecule has 0 fully saturated rings. The van der Waals surface area contributed by atoms with Crippen molar-refractivity contribution in [2.45, 2.75) is 31.7 Å². The van der Waals surface area contributed by atoms with E-state index in [1.54, 1.807) is 18.4 Å². The number of halogens is 6. The van der Waals surface area contributed by atoms with E-state index in [9.17, 15) is 26.3 Å². The smallest absolute Gasteiger partial charge is 0.271 e. The highest BCUT2D eigenvalue weighted by Gasteiger charge is 2.60. The van der Waals surface area contributed by atoms with Crippen molar-refractivity contribution in [2.24, 2.45) is 11.8 Å². The van der Waals surface area contributed by atoms with Crippen molar-refractivity contribution in [3.63, 3.8) is 0 Å². The number of nitrogens with one attached hydrogen (secondary N) is 1. The summed E-state index contributed by atoms with van der Waals surface area (Å²) in [5.41, 5.74) is 2.13. The van der Waals surface area contributed by atoms with Gasteiger partial charge in [-0.1, -0.05) is 31.2 Å². The second-order valence-corrected chi connectivity index (χ2v) is 4.30. The summed E-state index contributed by atoms with van der Waals surface area (Å²) in [4.78, 5) is 0. The SMILES string of the molecule is CCc1cccc(C(NN)C(C(F)(F)F)C(F)(F)F)c1. The predicted molar refractivity (Wildman–Crippen MR) is 61.5 cm³/mol. The number of aryl methyl sites for hydroxylation is 1. The van der Waals surface area contributed by atoms with E-state index in [-0.39, 0.29) is 5.56 Å². The van der Waals surface area contributed by atoms with Gasteiger partial charge in [0.15, 0.2) is 5.92 Å². The first-order valence-electron chi connectivity index (χ1n) is 5.79. The number of rotatable bonds is 4. The summed E-state index contributed by atoms with van der Waals surface area (Å²) in [6.45, 7) is 1.75. The Morgan fingerprint density at radius 2 is 1.65 bits per heavy atom. The highest BCUT2D eigenvalue weighted by Crippen LogP contribution is 2.46. The fourth-order valence-corrected chi connectivity index (χ4v) is 1.95. The van der Waals surface area contributed by atoms with Crippen LogP contribution in [0.2, 0.25) is 0 Å². The summed E-state index contributed by atoms with van der Waals surface area (Å²) >= 11 is 0. The van der Waals surface area contributed by atoms with Crippen molar-refractivity contribution in [1.82, 2.24) is 5.43 Å². The van der Waals surface area contributed by atoms with Crippen LogP contribution in [0.25, 0.3) is 0 Å². The monoisotopic (exact) mass is 300 g/mol. The Kier molecular flexibility index (Phi) is 5.04. The number of hydrazine groups is 1. The van der Waals surface area contributed by atoms with Crippen LogP contribution in [0, 0.1) is 5.92 Å². The first kappa shape index (κ1) is 16.8. The first-order valence-corrected chi connectivity index (χ1v) is 5.79. The van der Waals surface area contributed by atoms with E-state index in [4.69, 9.17) is 5.84 Å². The summed E-state index contributed by atoms with van der Waals surface area (Å²) < 4.78 is 76.2. The molecule has 1 aromatic rings. The molecule has 1 rings (SSSR count). The van der Waals surface area contributed by atoms with E-state index in [0.29, 0.717) is 12.0 Å². The third-order valence-corrected chi connectivity index (χ3v) is 2.94. The van der Waals surface area contributed by atoms with Crippen molar-refractivity contribution in [3.05, 3.63) is 35.4 Å². The number of benzene rings is 1. The Balaban J connectivity index is 3.26. The van der Waals surface area contributed by atoms with Gasteiger partial charge < -0.3 is 0 Å². The minimum absolute atomic E-state index is 0.147. The lowest BCUT2D eigenvalue weighted by Crippen LogP contribution is -2.47. The van der Waals surface area contributed by atoms with Crippen molar-refractivity contribution in [3.8, 4) is 0 Å². The van der Waals surface area contributed by atoms with Crippen molar-refractivity contribution in [2.75, 3.05) is 0 Å². The zero-order valence-corrected chi connectivity index (χ0v) is 10.5. The predicted octanol–water partition coefficient (Wildman–Crippen LogP) is 3.49. The van der Waals surface area contributed by atoms with Crippen LogP contribution < -0.4 is 11.3 Å². The average molecular weight is 300 g/mol. The fourth-order valence-electron chi connectivity index (χ4n) is 1.95. The molecule has 0 bridgehead atoms. The maximum absolute atomic E-state index is 12.7. The van der Waals surface area contributed by atoms with Crippen LogP contribution in [0.4, 0.5) is 26.3 Å². The molecular weight excluding hydrogens is 286 g/mol. The van der Waals surface area contributed by atoms with Gasteiger partial charge in [-0.25, -0.2) is 0 Å². The molecule has 0 aliphatic carbocycles. The highest BCUT2D eigenvalue weighted by atomic mass is 19.4. The third-order valence-electron chi connectivity index (χ3n) is 2.94. The van der Waals surface area contributed by atoms with Gasteiger partial charge in [-0.05, 0) is 17.5 Å². The van der Waals surface area contributed by atoms with Gasteiger partial charge in [-0.15, -0.1) is 0 Å². The minimum atomic E-state index is -5.45. The average Bonchev–Trinajstić information content (AvgIpc) is 2.32. The van der Waals surface area contributed by atoms with Gasteiger partial charge in [0.1, 0.15) is 0 Å². The summed E-state index contributed by atoms with van der Waals surface area (Å²) in [6, 6.07) is 3.42. The lowest BCUT2D eigenvalue weighted by molar-refractivity contribution is -0.292. The Hall–Kier alpha value is -1.28. The van der Waals surface area contributed by atoms with Crippen LogP contribution in [-0.2, 0) is 6.42 Å². The van der Waals surface area contributed by atoms with E-state index in [2.05, 4.69) is 0 Å². The lowest BCUT2D eigenvalue weighted by atomic mass is 9.91. The summed E-state index contributed by atoms with van der Waals surface area (Å²) in [5.74, 6) is 1.38. The van der Waals surface area contributed by atoms with E-state index in [1.165, 1.54) is 18.2 Å². The van der Waals surface area contributed by atoms with Gasteiger partial charge in [-0.2, -0.15) is 26.3 Å². The molecule has 0 aromatic heterocycles. The number of hydrogen-bond donors (Lipinski definition) is 2. The highest BCUT2D eigenvalue weighted by molar-refractivity contribution is 5.27. The van der Waals surface area contributed by atoms with Crippen LogP contribution in [0.15, 0.2) is 24.3 Å². The van der Waals surface area contributed by atoms with Gasteiger partial charge in [0.05, 0.1) is 6.04 Å². The fraction of sp³-hybridized carbons (Fsp3) is 0.500. The van der Waals surface area contributed by atoms with Gasteiger partial charge in [-0.3, -0.25) is 11.3 Å². The van der Waals surface area contributed by atoms with Crippen molar-refractivity contribution >= 4 is 0 Å². The standard InChI is InChI=1S/C12H14F6N2/c1-2-7-4-3-5-8(6-7)9(20-19)10(11(13,14)15)12(16,17)18/h3-6,9-10,20H,2,19H2,1H3. The van der Waals surface area contributed by atoms with Crippen LogP contribution in [0.1, 0.15) is 24.1 Å². The topological polar surface area (TPSA) is 38.0 Å². The molecule has 8 heteroatoms. The largest absolute Gasteiger partial charge is 0.402 e. The van der Waals surface area contributed by atoms with Crippen LogP contribution >= 0.6 is 0 Å². The van der Waals surface area contributed by atoms with Crippen LogP contribution in [-0.4, -0.2) is 12.4 Å². The molecule has 3 N–H and O–H groups in total. The van der Waals surface area contributed by atoms with Gasteiger partial charge >= 0.3 is 12.4 Å². The van der Waals surface area contributed by atoms with Gasteiger partial charge in [0.2, 0.25) is 0 Å². The molecule has 0 amide bonds. The van der Waals surface area contributed by atoms with E-state index < -0.39 is 24.3 Å². The van der Waals surface area contributed by atoms with Crippen molar-refractivity contribution < 1.29 is 26.3 Å². The molecule has 0 saturated heterocycles. The Bertz CT molecular complexity index is 426. The molecule has 114 valence electrons. The summed E-state index contributed by atoms with van der Waals surface area (Å²) in [5, 5.41) is 0. The van der Waals surface area contributed by atoms with E-state index in [1.807, 2.05) is 0 Å². The van der Waals surface area contributed by atoms with Gasteiger partial charge in [0, 0.05) is 0 Å². The quantitative estimate of drug-likeness (QED) is 0.507. The number of hydrogen-bond acceptors (Lipinski definition) is 2. The molecular formula is C12H14F6N2. The maximum Gasteiger partial charge on any atom is 0.402 e. The van der Waals surface area contributed by atoms with Gasteiger partial charge in [0.25, 0.3) is 0 Å². The number of alkyl halides is 6. The molecule has 1 aromatic carbocycles. The Labute approximate surface area is 111 Å². The Morgan fingerprint density at radius 1 is 1.10 bits per heavy atom. The second-order valence-electron chi connectivity index (χ2n) is 4.30. The Morgan fingerprint density at radius 3 is 2.05 bits per heavy atom. The zero-order valence-electron chi connectivity index (χ0n) is 10.5. The van der Waals surface area contributed by atoms with Crippen molar-refractivity contribution in [1.29, 1.82) is 0 Å². The van der Waals surface area contributed by atoms with E-state index in [0.717, 1.165) is 0 Å². The lowest BCUT2D eigenvalue weighted by Gasteiger charge is -2.30. The molecule has 0 aliphatic rings. The molecule has 0 saturated carbocycles. The molecule has 0 heterocycles. The molecule has 0 radical (unpaired) electrons. The molecule has 1 unspecified atom stereocenters. The number of nitrogens with two attached hydrogens (primary N) is 1. The molecule has 2 nitrogen and oxygen atoms in total. The second kappa shape index (κ2) is 6.01. The maximum atomic E-state index is 12.7. The molecule has 0 spiro atoms. The first-order chi connectivity index (χ1) is 9.11. The third kappa shape index (κ3) is 3.86. The molecule has 20 heavy (non-hydrogen) atoms. The van der Waals surface area contributed by atoms with Crippen LogP contribution in [0.5, 0.6) is 0 Å². The normalized spacial score (nSPS) is 14.7. The van der Waals surface area contributed by atoms with Crippen LogP contribution in [0.3, 0.4) is 0 Å². The molecule has 1 atom stereocenters. The minimum Gasteiger partial charge on any atom is -0.271 e. The molecule has 0 aliphatic heterocycles. The summed E-state index contributed by atoms with van der Waals surface area (Å²) in [7, 11) is 0. The summed E-state index contributed by atoms with van der Waals surface area (Å²) in [6.07, 6.45) is -10.4. The van der Waals surface area contributed by atoms with E-state index >= 15 is 0 Å². The zero-order chi connectivity index (χ0) is 15.6.